The van der Waals surface area contributed by atoms with E-state index >= 15 is 0 Å². The first kappa shape index (κ1) is 19.7. The molecule has 0 spiro atoms. The lowest BCUT2D eigenvalue weighted by Gasteiger charge is -2.21. The Bertz CT molecular complexity index is 932. The fourth-order valence-corrected chi connectivity index (χ4v) is 3.43. The molecule has 1 aromatic heterocycles. The zero-order chi connectivity index (χ0) is 19.9. The van der Waals surface area contributed by atoms with Gasteiger partial charge in [0.05, 0.1) is 5.69 Å². The summed E-state index contributed by atoms with van der Waals surface area (Å²) in [5.74, 6) is 0.787. The average Bonchev–Trinajstić information content (AvgIpc) is 3.12. The van der Waals surface area contributed by atoms with E-state index in [0.717, 1.165) is 35.5 Å². The summed E-state index contributed by atoms with van der Waals surface area (Å²) in [5.41, 5.74) is 14.9. The molecule has 1 atom stereocenters. The number of aromatic nitrogens is 1. The summed E-state index contributed by atoms with van der Waals surface area (Å²) < 4.78 is 6.22. The van der Waals surface area contributed by atoms with Gasteiger partial charge in [-0.3, -0.25) is 0 Å². The minimum Gasteiger partial charge on any atom is -0.471 e. The van der Waals surface area contributed by atoms with Crippen LogP contribution in [0.1, 0.15) is 25.3 Å². The fraction of sp³-hybridized carbons (Fsp3) is 0.238. The number of nitrogens with zero attached hydrogens (tertiary/aromatic N) is 2. The van der Waals surface area contributed by atoms with E-state index in [9.17, 15) is 0 Å². The van der Waals surface area contributed by atoms with Crippen LogP contribution in [0.3, 0.4) is 0 Å². The van der Waals surface area contributed by atoms with Gasteiger partial charge in [0.2, 0.25) is 5.13 Å². The van der Waals surface area contributed by atoms with Crippen LogP contribution in [-0.4, -0.2) is 17.2 Å². The van der Waals surface area contributed by atoms with Crippen LogP contribution in [0.4, 0.5) is 10.8 Å². The summed E-state index contributed by atoms with van der Waals surface area (Å²) in [6.07, 6.45) is 1.79. The molecular formula is C21H25N5OS. The second-order valence-corrected chi connectivity index (χ2v) is 7.32. The molecule has 0 radical (unpaired) electrons. The van der Waals surface area contributed by atoms with Crippen LogP contribution in [0.25, 0.3) is 11.3 Å². The van der Waals surface area contributed by atoms with E-state index in [2.05, 4.69) is 53.4 Å². The van der Waals surface area contributed by atoms with Crippen LogP contribution in [-0.2, 0) is 0 Å². The summed E-state index contributed by atoms with van der Waals surface area (Å²) in [6, 6.07) is 16.2. The smallest absolute Gasteiger partial charge is 0.212 e. The molecule has 28 heavy (non-hydrogen) atoms. The zero-order valence-electron chi connectivity index (χ0n) is 16.1. The second kappa shape index (κ2) is 9.23. The number of rotatable bonds is 8. The Morgan fingerprint density at radius 2 is 2.00 bits per heavy atom. The molecule has 0 saturated carbocycles. The summed E-state index contributed by atoms with van der Waals surface area (Å²) >= 11 is 1.39. The molecule has 0 aliphatic carbocycles. The molecule has 0 amide bonds. The first-order valence-corrected chi connectivity index (χ1v) is 10.1. The molecule has 0 bridgehead atoms. The Kier molecular flexibility index (Phi) is 6.49. The van der Waals surface area contributed by atoms with Crippen molar-refractivity contribution in [3.05, 3.63) is 59.5 Å². The molecule has 3 rings (SSSR count). The quantitative estimate of drug-likeness (QED) is 0.293. The predicted octanol–water partition coefficient (Wildman–Crippen LogP) is 4.64. The molecule has 3 aromatic rings. The van der Waals surface area contributed by atoms with Crippen molar-refractivity contribution >= 4 is 28.1 Å². The minimum absolute atomic E-state index is 0.00238. The summed E-state index contributed by atoms with van der Waals surface area (Å²) in [6.45, 7) is 4.22. The molecule has 5 N–H and O–H groups in total. The predicted molar refractivity (Wildman–Crippen MR) is 117 cm³/mol. The lowest BCUT2D eigenvalue weighted by atomic mass is 10.1. The second-order valence-electron chi connectivity index (χ2n) is 6.49. The van der Waals surface area contributed by atoms with E-state index in [1.807, 2.05) is 29.6 Å². The highest BCUT2D eigenvalue weighted by atomic mass is 32.1. The molecule has 6 nitrogen and oxygen atoms in total. The van der Waals surface area contributed by atoms with Gasteiger partial charge in [-0.2, -0.15) is 4.99 Å². The van der Waals surface area contributed by atoms with E-state index in [4.69, 9.17) is 16.2 Å². The Balaban J connectivity index is 1.75. The van der Waals surface area contributed by atoms with E-state index in [1.54, 1.807) is 0 Å². The maximum Gasteiger partial charge on any atom is 0.212 e. The van der Waals surface area contributed by atoms with Gasteiger partial charge in [0.15, 0.2) is 12.2 Å². The van der Waals surface area contributed by atoms with Gasteiger partial charge < -0.3 is 21.5 Å². The van der Waals surface area contributed by atoms with Crippen LogP contribution in [0.2, 0.25) is 0 Å². The number of hydrogen-bond acceptors (Lipinski definition) is 5. The molecule has 0 fully saturated rings. The summed E-state index contributed by atoms with van der Waals surface area (Å²) in [7, 11) is 0. The SMILES string of the molecule is CCCC(Nc1ccc(C)cc1)Oc1cccc(-c2csc(N=C(N)N)n2)c1. The van der Waals surface area contributed by atoms with Crippen LogP contribution in [0.15, 0.2) is 58.9 Å². The summed E-state index contributed by atoms with van der Waals surface area (Å²) in [4.78, 5) is 8.45. The van der Waals surface area contributed by atoms with Crippen LogP contribution < -0.4 is 21.5 Å². The van der Waals surface area contributed by atoms with Gasteiger partial charge in [-0.15, -0.1) is 11.3 Å². The first-order chi connectivity index (χ1) is 13.5. The highest BCUT2D eigenvalue weighted by molar-refractivity contribution is 7.13. The van der Waals surface area contributed by atoms with Crippen molar-refractivity contribution < 1.29 is 4.74 Å². The molecule has 146 valence electrons. The van der Waals surface area contributed by atoms with Gasteiger partial charge in [-0.1, -0.05) is 43.2 Å². The van der Waals surface area contributed by atoms with Crippen molar-refractivity contribution in [2.24, 2.45) is 16.5 Å². The molecule has 0 saturated heterocycles. The number of benzene rings is 2. The van der Waals surface area contributed by atoms with Gasteiger partial charge in [-0.05, 0) is 31.2 Å². The highest BCUT2D eigenvalue weighted by Crippen LogP contribution is 2.29. The molecule has 1 unspecified atom stereocenters. The lowest BCUT2D eigenvalue weighted by molar-refractivity contribution is 0.218. The Labute approximate surface area is 169 Å². The van der Waals surface area contributed by atoms with Crippen molar-refractivity contribution in [2.75, 3.05) is 5.32 Å². The van der Waals surface area contributed by atoms with Crippen LogP contribution >= 0.6 is 11.3 Å². The molecule has 1 heterocycles. The Morgan fingerprint density at radius 3 is 2.71 bits per heavy atom. The molecule has 0 aliphatic heterocycles. The normalized spacial score (nSPS) is 11.6. The zero-order valence-corrected chi connectivity index (χ0v) is 16.9. The fourth-order valence-electron chi connectivity index (χ4n) is 2.71. The number of thiazole rings is 1. The third-order valence-corrected chi connectivity index (χ3v) is 4.79. The van der Waals surface area contributed by atoms with Gasteiger partial charge in [0, 0.05) is 23.1 Å². The monoisotopic (exact) mass is 395 g/mol. The Hall–Kier alpha value is -3.06. The Morgan fingerprint density at radius 1 is 1.21 bits per heavy atom. The standard InChI is InChI=1S/C21H25N5OS/c1-3-5-19(24-16-10-8-14(2)9-11-16)27-17-7-4-6-15(12-17)18-13-28-21(25-18)26-20(22)23/h4,6-13,19,24H,3,5H2,1-2H3,(H4,22,23,25,26). The van der Waals surface area contributed by atoms with Gasteiger partial charge >= 0.3 is 0 Å². The maximum absolute atomic E-state index is 6.22. The third-order valence-electron chi connectivity index (χ3n) is 4.06. The first-order valence-electron chi connectivity index (χ1n) is 9.19. The van der Waals surface area contributed by atoms with Gasteiger partial charge in [-0.25, -0.2) is 4.98 Å². The number of aryl methyl sites for hydroxylation is 1. The van der Waals surface area contributed by atoms with E-state index in [1.165, 1.54) is 16.9 Å². The number of hydrogen-bond donors (Lipinski definition) is 3. The van der Waals surface area contributed by atoms with Crippen molar-refractivity contribution in [1.29, 1.82) is 0 Å². The van der Waals surface area contributed by atoms with Crippen LogP contribution in [0.5, 0.6) is 5.75 Å². The number of aliphatic imine (C=N–C) groups is 1. The summed E-state index contributed by atoms with van der Waals surface area (Å²) in [5, 5.41) is 5.92. The third kappa shape index (κ3) is 5.47. The number of anilines is 1. The van der Waals surface area contributed by atoms with Gasteiger partial charge in [0.25, 0.3) is 0 Å². The van der Waals surface area contributed by atoms with E-state index < -0.39 is 0 Å². The van der Waals surface area contributed by atoms with E-state index in [-0.39, 0.29) is 12.2 Å². The van der Waals surface area contributed by atoms with Crippen molar-refractivity contribution in [3.8, 4) is 17.0 Å². The van der Waals surface area contributed by atoms with Crippen molar-refractivity contribution in [2.45, 2.75) is 32.9 Å². The van der Waals surface area contributed by atoms with Gasteiger partial charge in [0.1, 0.15) is 5.75 Å². The molecular weight excluding hydrogens is 370 g/mol. The van der Waals surface area contributed by atoms with Crippen LogP contribution in [0, 0.1) is 6.92 Å². The minimum atomic E-state index is -0.115. The maximum atomic E-state index is 6.22. The number of nitrogens with two attached hydrogens (primary N) is 2. The topological polar surface area (TPSA) is 98.5 Å². The average molecular weight is 396 g/mol. The van der Waals surface area contributed by atoms with E-state index in [0.29, 0.717) is 5.13 Å². The van der Waals surface area contributed by atoms with Crippen molar-refractivity contribution in [3.63, 3.8) is 0 Å². The largest absolute Gasteiger partial charge is 0.471 e. The highest BCUT2D eigenvalue weighted by Gasteiger charge is 2.11. The molecule has 2 aromatic carbocycles. The number of ether oxygens (including phenoxy) is 1. The molecule has 7 heteroatoms. The number of nitrogens with one attached hydrogen (secondary N) is 1. The lowest BCUT2D eigenvalue weighted by Crippen LogP contribution is -2.26. The van der Waals surface area contributed by atoms with Crippen molar-refractivity contribution in [1.82, 2.24) is 4.98 Å². The molecule has 0 aliphatic rings. The number of guanidine groups is 1.